The van der Waals surface area contributed by atoms with Crippen molar-refractivity contribution >= 4 is 22.6 Å². The molecule has 18 heavy (non-hydrogen) atoms. The summed E-state index contributed by atoms with van der Waals surface area (Å²) in [6.45, 7) is 5.78. The molecule has 0 aliphatic rings. The highest BCUT2D eigenvalue weighted by Gasteiger charge is 2.22. The van der Waals surface area contributed by atoms with E-state index < -0.39 is 12.1 Å². The number of rotatable bonds is 3. The lowest BCUT2D eigenvalue weighted by Gasteiger charge is -2.19. The number of halogens is 1. The fourth-order valence-corrected chi connectivity index (χ4v) is 2.24. The van der Waals surface area contributed by atoms with Crippen LogP contribution in [-0.2, 0) is 0 Å². The first-order valence-corrected chi connectivity index (χ1v) is 6.40. The Labute approximate surface area is 111 Å². The Hall–Kier alpha value is -1.10. The monoisotopic (exact) mass is 267 g/mol. The number of hydrogen-bond acceptors (Lipinski definition) is 3. The third kappa shape index (κ3) is 2.23. The van der Waals surface area contributed by atoms with Crippen molar-refractivity contribution in [3.63, 3.8) is 0 Å². The van der Waals surface area contributed by atoms with E-state index in [-0.39, 0.29) is 6.04 Å². The fourth-order valence-electron chi connectivity index (χ4n) is 2.08. The lowest BCUT2D eigenvalue weighted by molar-refractivity contribution is 0.158. The number of nitrogens with zero attached hydrogens (tertiary/aromatic N) is 2. The second kappa shape index (κ2) is 4.88. The molecule has 0 spiro atoms. The smallest absolute Gasteiger partial charge is 0.129 e. The van der Waals surface area contributed by atoms with Crippen LogP contribution in [0.2, 0.25) is 5.02 Å². The highest BCUT2D eigenvalue weighted by atomic mass is 35.5. The van der Waals surface area contributed by atoms with Crippen LogP contribution in [0.4, 0.5) is 0 Å². The molecule has 0 saturated heterocycles. The van der Waals surface area contributed by atoms with Crippen molar-refractivity contribution in [3.8, 4) is 0 Å². The van der Waals surface area contributed by atoms with Crippen LogP contribution < -0.4 is 5.73 Å². The Morgan fingerprint density at radius 3 is 2.56 bits per heavy atom. The van der Waals surface area contributed by atoms with Crippen LogP contribution in [0.25, 0.3) is 11.0 Å². The van der Waals surface area contributed by atoms with E-state index in [4.69, 9.17) is 17.3 Å². The molecule has 0 aliphatic carbocycles. The van der Waals surface area contributed by atoms with E-state index in [0.29, 0.717) is 10.8 Å². The summed E-state index contributed by atoms with van der Waals surface area (Å²) in [7, 11) is 0. The predicted octanol–water partition coefficient (Wildman–Crippen LogP) is 2.65. The molecule has 1 aromatic carbocycles. The van der Waals surface area contributed by atoms with E-state index in [1.165, 1.54) is 0 Å². The van der Waals surface area contributed by atoms with Gasteiger partial charge in [-0.15, -0.1) is 0 Å². The lowest BCUT2D eigenvalue weighted by atomic mass is 10.2. The summed E-state index contributed by atoms with van der Waals surface area (Å²) < 4.78 is 2.03. The highest BCUT2D eigenvalue weighted by molar-refractivity contribution is 6.31. The van der Waals surface area contributed by atoms with E-state index in [1.807, 2.05) is 16.7 Å². The lowest BCUT2D eigenvalue weighted by Crippen LogP contribution is -2.27. The van der Waals surface area contributed by atoms with Crippen LogP contribution >= 0.6 is 11.6 Å². The van der Waals surface area contributed by atoms with Gasteiger partial charge in [0, 0.05) is 11.1 Å². The summed E-state index contributed by atoms with van der Waals surface area (Å²) in [5.41, 5.74) is 7.81. The molecule has 2 unspecified atom stereocenters. The van der Waals surface area contributed by atoms with E-state index in [0.717, 1.165) is 11.0 Å². The molecule has 2 rings (SSSR count). The normalized spacial score (nSPS) is 15.3. The third-order valence-electron chi connectivity index (χ3n) is 3.01. The summed E-state index contributed by atoms with van der Waals surface area (Å²) in [4.78, 5) is 4.52. The molecule has 0 amide bonds. The van der Waals surface area contributed by atoms with E-state index >= 15 is 0 Å². The molecule has 0 radical (unpaired) electrons. The summed E-state index contributed by atoms with van der Waals surface area (Å²) in [5, 5.41) is 10.3. The molecule has 1 aromatic heterocycles. The zero-order valence-corrected chi connectivity index (χ0v) is 11.5. The maximum atomic E-state index is 9.66. The molecule has 2 atom stereocenters. The number of imidazole rings is 1. The first-order chi connectivity index (χ1) is 8.41. The van der Waals surface area contributed by atoms with Crippen molar-refractivity contribution in [2.75, 3.05) is 0 Å². The average Bonchev–Trinajstić information content (AvgIpc) is 2.65. The van der Waals surface area contributed by atoms with Crippen LogP contribution in [0.5, 0.6) is 0 Å². The average molecular weight is 268 g/mol. The molecule has 0 bridgehead atoms. The minimum absolute atomic E-state index is 0.202. The summed E-state index contributed by atoms with van der Waals surface area (Å²) in [6.07, 6.45) is -0.644. The Morgan fingerprint density at radius 1 is 1.33 bits per heavy atom. The van der Waals surface area contributed by atoms with Gasteiger partial charge in [-0.2, -0.15) is 0 Å². The molecule has 5 heteroatoms. The number of aliphatic hydroxyl groups excluding tert-OH is 1. The standard InChI is InChI=1S/C13H18ClN3O/c1-7(2)17-11-6-9(14)4-5-10(11)16-13(17)12(15)8(3)18/h4-8,12,18H,15H2,1-3H3. The van der Waals surface area contributed by atoms with Crippen molar-refractivity contribution < 1.29 is 5.11 Å². The van der Waals surface area contributed by atoms with Crippen LogP contribution in [0.3, 0.4) is 0 Å². The Morgan fingerprint density at radius 2 is 2.00 bits per heavy atom. The minimum atomic E-state index is -0.644. The van der Waals surface area contributed by atoms with Gasteiger partial charge in [0.05, 0.1) is 23.2 Å². The van der Waals surface area contributed by atoms with Crippen LogP contribution in [0.15, 0.2) is 18.2 Å². The van der Waals surface area contributed by atoms with Crippen molar-refractivity contribution in [1.29, 1.82) is 0 Å². The maximum Gasteiger partial charge on any atom is 0.129 e. The van der Waals surface area contributed by atoms with Gasteiger partial charge in [-0.1, -0.05) is 11.6 Å². The first kappa shape index (κ1) is 13.3. The van der Waals surface area contributed by atoms with Crippen molar-refractivity contribution in [3.05, 3.63) is 29.0 Å². The van der Waals surface area contributed by atoms with Gasteiger partial charge in [-0.3, -0.25) is 0 Å². The Balaban J connectivity index is 2.69. The summed E-state index contributed by atoms with van der Waals surface area (Å²) in [6, 6.07) is 5.25. The Kier molecular flexibility index (Phi) is 3.61. The van der Waals surface area contributed by atoms with E-state index in [1.54, 1.807) is 13.0 Å². The molecular formula is C13H18ClN3O. The molecule has 0 saturated carbocycles. The van der Waals surface area contributed by atoms with Crippen molar-refractivity contribution in [2.24, 2.45) is 5.73 Å². The third-order valence-corrected chi connectivity index (χ3v) is 3.25. The largest absolute Gasteiger partial charge is 0.391 e. The zero-order valence-electron chi connectivity index (χ0n) is 10.8. The van der Waals surface area contributed by atoms with Gasteiger partial charge in [0.15, 0.2) is 0 Å². The maximum absolute atomic E-state index is 9.66. The minimum Gasteiger partial charge on any atom is -0.391 e. The molecule has 4 nitrogen and oxygen atoms in total. The number of aliphatic hydroxyl groups is 1. The quantitative estimate of drug-likeness (QED) is 0.899. The van der Waals surface area contributed by atoms with E-state index in [2.05, 4.69) is 18.8 Å². The van der Waals surface area contributed by atoms with E-state index in [9.17, 15) is 5.11 Å². The topological polar surface area (TPSA) is 64.1 Å². The molecule has 2 aromatic rings. The number of benzene rings is 1. The first-order valence-electron chi connectivity index (χ1n) is 6.03. The van der Waals surface area contributed by atoms with Gasteiger partial charge in [-0.05, 0) is 39.0 Å². The second-order valence-corrected chi connectivity index (χ2v) is 5.27. The SMILES string of the molecule is CC(O)C(N)c1nc2ccc(Cl)cc2n1C(C)C. The van der Waals surface area contributed by atoms with Crippen molar-refractivity contribution in [1.82, 2.24) is 9.55 Å². The molecule has 0 aliphatic heterocycles. The predicted molar refractivity (Wildman–Crippen MR) is 73.7 cm³/mol. The summed E-state index contributed by atoms with van der Waals surface area (Å²) in [5.74, 6) is 0.692. The van der Waals surface area contributed by atoms with Crippen molar-refractivity contribution in [2.45, 2.75) is 39.0 Å². The number of hydrogen-bond donors (Lipinski definition) is 2. The highest BCUT2D eigenvalue weighted by Crippen LogP contribution is 2.27. The van der Waals surface area contributed by atoms with Crippen LogP contribution in [0.1, 0.15) is 38.7 Å². The van der Waals surface area contributed by atoms with Gasteiger partial charge >= 0.3 is 0 Å². The number of fused-ring (bicyclic) bond motifs is 1. The fraction of sp³-hybridized carbons (Fsp3) is 0.462. The van der Waals surface area contributed by atoms with Gasteiger partial charge in [0.25, 0.3) is 0 Å². The molecule has 0 fully saturated rings. The van der Waals surface area contributed by atoms with Gasteiger partial charge in [0.2, 0.25) is 0 Å². The van der Waals surface area contributed by atoms with Gasteiger partial charge in [0.1, 0.15) is 5.82 Å². The summed E-state index contributed by atoms with van der Waals surface area (Å²) >= 11 is 6.02. The number of nitrogens with two attached hydrogens (primary N) is 1. The number of aromatic nitrogens is 2. The molecular weight excluding hydrogens is 250 g/mol. The van der Waals surface area contributed by atoms with Crippen LogP contribution in [-0.4, -0.2) is 20.8 Å². The molecule has 3 N–H and O–H groups in total. The van der Waals surface area contributed by atoms with Gasteiger partial charge in [-0.25, -0.2) is 4.98 Å². The zero-order chi connectivity index (χ0) is 13.4. The van der Waals surface area contributed by atoms with Crippen LogP contribution in [0, 0.1) is 0 Å². The van der Waals surface area contributed by atoms with Gasteiger partial charge < -0.3 is 15.4 Å². The molecule has 1 heterocycles. The second-order valence-electron chi connectivity index (χ2n) is 4.83. The Bertz CT molecular complexity index is 563. The molecule has 98 valence electrons.